The highest BCUT2D eigenvalue weighted by Gasteiger charge is 2.08. The van der Waals surface area contributed by atoms with E-state index >= 15 is 0 Å². The van der Waals surface area contributed by atoms with Crippen LogP contribution >= 0.6 is 0 Å². The number of nitrogens with one attached hydrogen (secondary N) is 1. The molecular weight excluding hydrogens is 234 g/mol. The Kier molecular flexibility index (Phi) is 6.85. The first kappa shape index (κ1) is 16.0. The first-order chi connectivity index (χ1) is 9.06. The van der Waals surface area contributed by atoms with Crippen molar-refractivity contribution in [3.8, 4) is 0 Å². The monoisotopic (exact) mass is 263 g/mol. The lowest BCUT2D eigenvalue weighted by Crippen LogP contribution is -2.27. The van der Waals surface area contributed by atoms with Crippen molar-refractivity contribution in [1.29, 1.82) is 0 Å². The summed E-state index contributed by atoms with van der Waals surface area (Å²) in [6.45, 7) is 14.0. The molecule has 1 heterocycles. The van der Waals surface area contributed by atoms with E-state index < -0.39 is 0 Å². The zero-order valence-corrected chi connectivity index (χ0v) is 13.2. The molecule has 0 unspecified atom stereocenters. The van der Waals surface area contributed by atoms with E-state index in [9.17, 15) is 0 Å². The molecule has 3 nitrogen and oxygen atoms in total. The molecule has 108 valence electrons. The van der Waals surface area contributed by atoms with Gasteiger partial charge in [0.05, 0.1) is 0 Å². The van der Waals surface area contributed by atoms with Crippen LogP contribution in [0.5, 0.6) is 0 Å². The molecule has 0 aliphatic carbocycles. The van der Waals surface area contributed by atoms with Crippen molar-refractivity contribution in [2.75, 3.05) is 18.0 Å². The van der Waals surface area contributed by atoms with Gasteiger partial charge in [0, 0.05) is 31.4 Å². The van der Waals surface area contributed by atoms with E-state index in [1.807, 2.05) is 0 Å². The average Bonchev–Trinajstić information content (AvgIpc) is 2.35. The van der Waals surface area contributed by atoms with E-state index in [1.54, 1.807) is 0 Å². The second kappa shape index (κ2) is 8.16. The molecule has 0 amide bonds. The van der Waals surface area contributed by atoms with Crippen LogP contribution in [-0.2, 0) is 6.54 Å². The molecule has 0 fully saturated rings. The number of pyridine rings is 1. The molecule has 0 spiro atoms. The summed E-state index contributed by atoms with van der Waals surface area (Å²) in [5.41, 5.74) is 2.43. The van der Waals surface area contributed by atoms with E-state index in [4.69, 9.17) is 4.98 Å². The van der Waals surface area contributed by atoms with Crippen LogP contribution in [0.4, 0.5) is 5.82 Å². The fourth-order valence-corrected chi connectivity index (χ4v) is 2.19. The second-order valence-corrected chi connectivity index (χ2v) is 5.50. The third-order valence-electron chi connectivity index (χ3n) is 3.03. The van der Waals surface area contributed by atoms with E-state index in [0.717, 1.165) is 44.0 Å². The first-order valence-electron chi connectivity index (χ1n) is 7.52. The molecule has 1 aromatic heterocycles. The van der Waals surface area contributed by atoms with Crippen molar-refractivity contribution < 1.29 is 0 Å². The zero-order valence-electron chi connectivity index (χ0n) is 13.2. The first-order valence-corrected chi connectivity index (χ1v) is 7.52. The molecule has 1 N–H and O–H groups in total. The lowest BCUT2D eigenvalue weighted by atomic mass is 10.2. The number of aryl methyl sites for hydroxylation is 1. The molecule has 0 bridgehead atoms. The molecule has 0 radical (unpaired) electrons. The minimum absolute atomic E-state index is 0.513. The van der Waals surface area contributed by atoms with Crippen LogP contribution in [-0.4, -0.2) is 24.1 Å². The third kappa shape index (κ3) is 5.60. The maximum Gasteiger partial charge on any atom is 0.129 e. The number of rotatable bonds is 8. The predicted molar refractivity (Wildman–Crippen MR) is 83.7 cm³/mol. The van der Waals surface area contributed by atoms with E-state index in [2.05, 4.69) is 57.0 Å². The smallest absolute Gasteiger partial charge is 0.129 e. The van der Waals surface area contributed by atoms with Gasteiger partial charge in [0.25, 0.3) is 0 Å². The Morgan fingerprint density at radius 3 is 2.32 bits per heavy atom. The third-order valence-corrected chi connectivity index (χ3v) is 3.03. The van der Waals surface area contributed by atoms with Crippen molar-refractivity contribution in [3.05, 3.63) is 23.4 Å². The summed E-state index contributed by atoms with van der Waals surface area (Å²) >= 11 is 0. The van der Waals surface area contributed by atoms with E-state index in [1.165, 1.54) is 5.56 Å². The Morgan fingerprint density at radius 2 is 1.79 bits per heavy atom. The highest BCUT2D eigenvalue weighted by molar-refractivity contribution is 5.42. The van der Waals surface area contributed by atoms with Gasteiger partial charge >= 0.3 is 0 Å². The van der Waals surface area contributed by atoms with Gasteiger partial charge in [0.15, 0.2) is 0 Å². The van der Waals surface area contributed by atoms with Crippen LogP contribution in [0.3, 0.4) is 0 Å². The topological polar surface area (TPSA) is 28.2 Å². The molecule has 1 rings (SSSR count). The predicted octanol–water partition coefficient (Wildman–Crippen LogP) is 3.51. The molecular formula is C16H29N3. The van der Waals surface area contributed by atoms with E-state index in [-0.39, 0.29) is 0 Å². The highest BCUT2D eigenvalue weighted by atomic mass is 15.2. The summed E-state index contributed by atoms with van der Waals surface area (Å²) in [6, 6.07) is 4.92. The van der Waals surface area contributed by atoms with Crippen molar-refractivity contribution in [2.45, 2.75) is 60.0 Å². The molecule has 1 aromatic rings. The van der Waals surface area contributed by atoms with Gasteiger partial charge in [-0.3, -0.25) is 0 Å². The van der Waals surface area contributed by atoms with Crippen molar-refractivity contribution in [1.82, 2.24) is 10.3 Å². The maximum absolute atomic E-state index is 4.70. The molecule has 0 aliphatic rings. The Labute approximate surface area is 118 Å². The summed E-state index contributed by atoms with van der Waals surface area (Å²) < 4.78 is 0. The van der Waals surface area contributed by atoms with Gasteiger partial charge in [-0.2, -0.15) is 0 Å². The largest absolute Gasteiger partial charge is 0.357 e. The standard InChI is InChI=1S/C16H29N3/c1-6-8-19(9-7-2)16-11-15(10-14(5)18-16)12-17-13(3)4/h10-11,13,17H,6-9,12H2,1-5H3. The lowest BCUT2D eigenvalue weighted by Gasteiger charge is -2.23. The van der Waals surface area contributed by atoms with Crippen molar-refractivity contribution in [3.63, 3.8) is 0 Å². The summed E-state index contributed by atoms with van der Waals surface area (Å²) in [5.74, 6) is 1.13. The van der Waals surface area contributed by atoms with Gasteiger partial charge in [-0.1, -0.05) is 27.7 Å². The van der Waals surface area contributed by atoms with Crippen molar-refractivity contribution in [2.24, 2.45) is 0 Å². The number of hydrogen-bond donors (Lipinski definition) is 1. The summed E-state index contributed by atoms with van der Waals surface area (Å²) in [7, 11) is 0. The minimum atomic E-state index is 0.513. The van der Waals surface area contributed by atoms with Gasteiger partial charge in [-0.15, -0.1) is 0 Å². The Hall–Kier alpha value is -1.09. The highest BCUT2D eigenvalue weighted by Crippen LogP contribution is 2.16. The molecule has 0 aromatic carbocycles. The molecule has 3 heteroatoms. The number of hydrogen-bond acceptors (Lipinski definition) is 3. The van der Waals surface area contributed by atoms with Crippen LogP contribution in [0.25, 0.3) is 0 Å². The van der Waals surface area contributed by atoms with Gasteiger partial charge in [-0.25, -0.2) is 4.98 Å². The number of anilines is 1. The normalized spacial score (nSPS) is 11.1. The summed E-state index contributed by atoms with van der Waals surface area (Å²) in [6.07, 6.45) is 2.32. The number of nitrogens with zero attached hydrogens (tertiary/aromatic N) is 2. The Morgan fingerprint density at radius 1 is 1.16 bits per heavy atom. The van der Waals surface area contributed by atoms with Gasteiger partial charge in [0.1, 0.15) is 5.82 Å². The molecule has 0 aliphatic heterocycles. The molecule has 0 saturated carbocycles. The molecule has 19 heavy (non-hydrogen) atoms. The fraction of sp³-hybridized carbons (Fsp3) is 0.688. The average molecular weight is 263 g/mol. The van der Waals surface area contributed by atoms with Crippen LogP contribution in [0.15, 0.2) is 12.1 Å². The lowest BCUT2D eigenvalue weighted by molar-refractivity contribution is 0.588. The second-order valence-electron chi connectivity index (χ2n) is 5.50. The SMILES string of the molecule is CCCN(CCC)c1cc(CNC(C)C)cc(C)n1. The molecule has 0 atom stereocenters. The van der Waals surface area contributed by atoms with Crippen molar-refractivity contribution >= 4 is 5.82 Å². The zero-order chi connectivity index (χ0) is 14.3. The number of aromatic nitrogens is 1. The van der Waals surface area contributed by atoms with Gasteiger partial charge in [0.2, 0.25) is 0 Å². The minimum Gasteiger partial charge on any atom is -0.357 e. The maximum atomic E-state index is 4.70. The Balaban J connectivity index is 2.86. The quantitative estimate of drug-likeness (QED) is 0.778. The van der Waals surface area contributed by atoms with Gasteiger partial charge < -0.3 is 10.2 Å². The van der Waals surface area contributed by atoms with Crippen LogP contribution < -0.4 is 10.2 Å². The van der Waals surface area contributed by atoms with Gasteiger partial charge in [-0.05, 0) is 37.5 Å². The van der Waals surface area contributed by atoms with Crippen LogP contribution in [0.2, 0.25) is 0 Å². The van der Waals surface area contributed by atoms with Crippen LogP contribution in [0.1, 0.15) is 51.8 Å². The van der Waals surface area contributed by atoms with Crippen LogP contribution in [0, 0.1) is 6.92 Å². The Bertz CT molecular complexity index is 368. The molecule has 0 saturated heterocycles. The summed E-state index contributed by atoms with van der Waals surface area (Å²) in [4.78, 5) is 7.09. The van der Waals surface area contributed by atoms with E-state index in [0.29, 0.717) is 6.04 Å². The summed E-state index contributed by atoms with van der Waals surface area (Å²) in [5, 5.41) is 3.47. The fourth-order valence-electron chi connectivity index (χ4n) is 2.19.